The topological polar surface area (TPSA) is 29.1 Å². The Morgan fingerprint density at radius 2 is 1.55 bits per heavy atom. The largest absolute Gasteiger partial charge is 0.342 e. The Kier molecular flexibility index (Phi) is 3.00. The SMILES string of the molecule is CC(C)(S)NC(=O)C(C)(C)C. The number of carbonyl (C=O) groups excluding carboxylic acids is 1. The zero-order valence-electron chi connectivity index (χ0n) is 7.86. The van der Waals surface area contributed by atoms with Gasteiger partial charge in [-0.1, -0.05) is 20.8 Å². The second kappa shape index (κ2) is 3.05. The maximum Gasteiger partial charge on any atom is 0.226 e. The molecule has 0 heterocycles. The molecule has 0 aromatic rings. The highest BCUT2D eigenvalue weighted by Gasteiger charge is 2.25. The molecule has 0 aliphatic carbocycles. The van der Waals surface area contributed by atoms with Gasteiger partial charge in [-0.15, -0.1) is 0 Å². The molecule has 0 saturated heterocycles. The van der Waals surface area contributed by atoms with Crippen molar-refractivity contribution < 1.29 is 4.79 Å². The predicted molar refractivity (Wildman–Crippen MR) is 50.7 cm³/mol. The highest BCUT2D eigenvalue weighted by atomic mass is 32.1. The Morgan fingerprint density at radius 1 is 1.18 bits per heavy atom. The van der Waals surface area contributed by atoms with Crippen LogP contribution in [0.1, 0.15) is 34.6 Å². The molecule has 66 valence electrons. The molecule has 0 atom stereocenters. The number of thiol groups is 1. The quantitative estimate of drug-likeness (QED) is 0.462. The first-order chi connectivity index (χ1) is 4.63. The van der Waals surface area contributed by atoms with E-state index in [-0.39, 0.29) is 11.3 Å². The van der Waals surface area contributed by atoms with Crippen LogP contribution in [-0.2, 0) is 4.79 Å². The molecule has 0 radical (unpaired) electrons. The van der Waals surface area contributed by atoms with Crippen molar-refractivity contribution in [2.24, 2.45) is 5.41 Å². The molecule has 1 N–H and O–H groups in total. The van der Waals surface area contributed by atoms with E-state index >= 15 is 0 Å². The third-order valence-electron chi connectivity index (χ3n) is 1.10. The maximum atomic E-state index is 11.3. The van der Waals surface area contributed by atoms with Gasteiger partial charge in [0.05, 0.1) is 4.87 Å². The molecule has 2 nitrogen and oxygen atoms in total. The minimum Gasteiger partial charge on any atom is -0.342 e. The fourth-order valence-electron chi connectivity index (χ4n) is 0.465. The summed E-state index contributed by atoms with van der Waals surface area (Å²) in [5, 5.41) is 2.78. The first-order valence-electron chi connectivity index (χ1n) is 3.68. The van der Waals surface area contributed by atoms with Gasteiger partial charge in [0.15, 0.2) is 0 Å². The van der Waals surface area contributed by atoms with E-state index in [4.69, 9.17) is 0 Å². The highest BCUT2D eigenvalue weighted by molar-refractivity contribution is 7.81. The molecule has 0 bridgehead atoms. The Bertz CT molecular complexity index is 152. The van der Waals surface area contributed by atoms with Crippen molar-refractivity contribution in [3.05, 3.63) is 0 Å². The fraction of sp³-hybridized carbons (Fsp3) is 0.875. The number of amides is 1. The zero-order chi connectivity index (χ0) is 9.28. The highest BCUT2D eigenvalue weighted by Crippen LogP contribution is 2.16. The van der Waals surface area contributed by atoms with Crippen LogP contribution in [-0.4, -0.2) is 10.8 Å². The number of hydrogen-bond acceptors (Lipinski definition) is 2. The van der Waals surface area contributed by atoms with Crippen molar-refractivity contribution >= 4 is 18.5 Å². The second-order valence-corrected chi connectivity index (χ2v) is 5.38. The van der Waals surface area contributed by atoms with E-state index in [9.17, 15) is 4.79 Å². The summed E-state index contributed by atoms with van der Waals surface area (Å²) < 4.78 is 0. The third kappa shape index (κ3) is 5.13. The molecule has 0 fully saturated rings. The first kappa shape index (κ1) is 10.8. The molecule has 0 aromatic heterocycles. The molecule has 3 heteroatoms. The second-order valence-electron chi connectivity index (χ2n) is 4.26. The number of carbonyl (C=O) groups is 1. The Morgan fingerprint density at radius 3 is 1.64 bits per heavy atom. The van der Waals surface area contributed by atoms with Crippen molar-refractivity contribution in [2.75, 3.05) is 0 Å². The van der Waals surface area contributed by atoms with Gasteiger partial charge in [0, 0.05) is 5.41 Å². The molecule has 11 heavy (non-hydrogen) atoms. The average Bonchev–Trinajstić information content (AvgIpc) is 1.56. The van der Waals surface area contributed by atoms with Crippen LogP contribution in [0.2, 0.25) is 0 Å². The van der Waals surface area contributed by atoms with Crippen LogP contribution in [0.15, 0.2) is 0 Å². The summed E-state index contributed by atoms with van der Waals surface area (Å²) in [7, 11) is 0. The Balaban J connectivity index is 4.11. The Hall–Kier alpha value is -0.180. The number of nitrogens with one attached hydrogen (secondary N) is 1. The van der Waals surface area contributed by atoms with Gasteiger partial charge in [-0.2, -0.15) is 12.6 Å². The van der Waals surface area contributed by atoms with Crippen LogP contribution in [0.5, 0.6) is 0 Å². The number of rotatable bonds is 1. The van der Waals surface area contributed by atoms with Gasteiger partial charge >= 0.3 is 0 Å². The summed E-state index contributed by atoms with van der Waals surface area (Å²) in [5.74, 6) is 0.0255. The number of hydrogen-bond donors (Lipinski definition) is 2. The van der Waals surface area contributed by atoms with Gasteiger partial charge in [0.2, 0.25) is 5.91 Å². The van der Waals surface area contributed by atoms with Gasteiger partial charge in [0.1, 0.15) is 0 Å². The Labute approximate surface area is 74.2 Å². The van der Waals surface area contributed by atoms with Crippen LogP contribution in [0, 0.1) is 5.41 Å². The molecule has 0 spiro atoms. The van der Waals surface area contributed by atoms with Gasteiger partial charge < -0.3 is 5.32 Å². The van der Waals surface area contributed by atoms with Crippen molar-refractivity contribution in [1.82, 2.24) is 5.32 Å². The molecule has 0 aliphatic rings. The first-order valence-corrected chi connectivity index (χ1v) is 4.12. The van der Waals surface area contributed by atoms with Crippen molar-refractivity contribution in [2.45, 2.75) is 39.5 Å². The lowest BCUT2D eigenvalue weighted by atomic mass is 9.95. The predicted octanol–water partition coefficient (Wildman–Crippen LogP) is 1.81. The van der Waals surface area contributed by atoms with E-state index < -0.39 is 4.87 Å². The third-order valence-corrected chi connectivity index (χ3v) is 1.21. The molecule has 0 aliphatic heterocycles. The molecular weight excluding hydrogens is 158 g/mol. The van der Waals surface area contributed by atoms with E-state index in [0.29, 0.717) is 0 Å². The standard InChI is InChI=1S/C8H17NOS/c1-7(2,3)6(10)9-8(4,5)11/h11H,1-5H3,(H,9,10). The summed E-state index contributed by atoms with van der Waals surface area (Å²) in [5.41, 5.74) is -0.333. The lowest BCUT2D eigenvalue weighted by Crippen LogP contribution is -2.44. The van der Waals surface area contributed by atoms with Crippen LogP contribution >= 0.6 is 12.6 Å². The molecular formula is C8H17NOS. The van der Waals surface area contributed by atoms with Gasteiger partial charge in [-0.25, -0.2) is 0 Å². The van der Waals surface area contributed by atoms with Crippen LogP contribution in [0.3, 0.4) is 0 Å². The summed E-state index contributed by atoms with van der Waals surface area (Å²) in [6.45, 7) is 9.32. The van der Waals surface area contributed by atoms with E-state index in [1.807, 2.05) is 34.6 Å². The molecule has 0 unspecified atom stereocenters. The lowest BCUT2D eigenvalue weighted by molar-refractivity contribution is -0.129. The van der Waals surface area contributed by atoms with Gasteiger partial charge in [-0.05, 0) is 13.8 Å². The van der Waals surface area contributed by atoms with Gasteiger partial charge in [-0.3, -0.25) is 4.79 Å². The fourth-order valence-corrected chi connectivity index (χ4v) is 0.567. The maximum absolute atomic E-state index is 11.3. The lowest BCUT2D eigenvalue weighted by Gasteiger charge is -2.25. The van der Waals surface area contributed by atoms with E-state index in [1.54, 1.807) is 0 Å². The summed E-state index contributed by atoms with van der Waals surface area (Å²) in [6.07, 6.45) is 0. The summed E-state index contributed by atoms with van der Waals surface area (Å²) in [4.78, 5) is 10.9. The average molecular weight is 175 g/mol. The van der Waals surface area contributed by atoms with Crippen LogP contribution in [0.25, 0.3) is 0 Å². The molecule has 0 rings (SSSR count). The normalized spacial score (nSPS) is 12.9. The molecule has 0 saturated carbocycles. The van der Waals surface area contributed by atoms with Gasteiger partial charge in [0.25, 0.3) is 0 Å². The van der Waals surface area contributed by atoms with E-state index in [0.717, 1.165) is 0 Å². The molecule has 0 aromatic carbocycles. The minimum absolute atomic E-state index is 0.0255. The van der Waals surface area contributed by atoms with Crippen LogP contribution < -0.4 is 5.32 Å². The van der Waals surface area contributed by atoms with Crippen molar-refractivity contribution in [3.63, 3.8) is 0 Å². The minimum atomic E-state index is -0.426. The summed E-state index contributed by atoms with van der Waals surface area (Å²) in [6, 6.07) is 0. The van der Waals surface area contributed by atoms with E-state index in [2.05, 4.69) is 17.9 Å². The smallest absolute Gasteiger partial charge is 0.226 e. The summed E-state index contributed by atoms with van der Waals surface area (Å²) >= 11 is 4.19. The van der Waals surface area contributed by atoms with Crippen LogP contribution in [0.4, 0.5) is 0 Å². The van der Waals surface area contributed by atoms with Crippen molar-refractivity contribution in [3.8, 4) is 0 Å². The molecule has 1 amide bonds. The van der Waals surface area contributed by atoms with Crippen molar-refractivity contribution in [1.29, 1.82) is 0 Å². The monoisotopic (exact) mass is 175 g/mol. The van der Waals surface area contributed by atoms with E-state index in [1.165, 1.54) is 0 Å². The zero-order valence-corrected chi connectivity index (χ0v) is 8.75.